The number of aliphatic hydroxyl groups is 1. The molecule has 0 aliphatic rings. The van der Waals surface area contributed by atoms with Crippen molar-refractivity contribution in [3.05, 3.63) is 64.1 Å². The molecule has 2 rings (SSSR count). The fourth-order valence-electron chi connectivity index (χ4n) is 2.11. The number of amides is 1. The standard InChI is InChI=1S/C15H11BrF3NO3/c16-10-6-7-11(12(8-10)23-15(17,18)19)14(22,13(20)21)9-4-2-1-3-5-9/h1-8,22H,(H2,20,21). The number of hydrogen-bond acceptors (Lipinski definition) is 3. The molecule has 3 N–H and O–H groups in total. The van der Waals surface area contributed by atoms with Gasteiger partial charge in [0.2, 0.25) is 0 Å². The van der Waals surface area contributed by atoms with Crippen LogP contribution >= 0.6 is 15.9 Å². The van der Waals surface area contributed by atoms with Crippen LogP contribution in [0.1, 0.15) is 11.1 Å². The third-order valence-corrected chi connectivity index (χ3v) is 3.60. The number of carbonyl (C=O) groups excluding carboxylic acids is 1. The Morgan fingerprint density at radius 3 is 2.26 bits per heavy atom. The van der Waals surface area contributed by atoms with Gasteiger partial charge in [-0.3, -0.25) is 4.79 Å². The van der Waals surface area contributed by atoms with Gasteiger partial charge in [-0.05, 0) is 17.7 Å². The first-order valence-electron chi connectivity index (χ1n) is 6.28. The highest BCUT2D eigenvalue weighted by molar-refractivity contribution is 9.10. The van der Waals surface area contributed by atoms with Gasteiger partial charge in [-0.1, -0.05) is 52.3 Å². The first-order valence-corrected chi connectivity index (χ1v) is 7.07. The van der Waals surface area contributed by atoms with Crippen LogP contribution in [0.4, 0.5) is 13.2 Å². The van der Waals surface area contributed by atoms with E-state index < -0.39 is 29.2 Å². The van der Waals surface area contributed by atoms with E-state index in [2.05, 4.69) is 20.7 Å². The molecule has 8 heteroatoms. The molecule has 122 valence electrons. The van der Waals surface area contributed by atoms with E-state index in [9.17, 15) is 23.1 Å². The van der Waals surface area contributed by atoms with Crippen molar-refractivity contribution < 1.29 is 27.8 Å². The second-order valence-corrected chi connectivity index (χ2v) is 5.54. The number of rotatable bonds is 4. The molecule has 0 bridgehead atoms. The maximum Gasteiger partial charge on any atom is 0.573 e. The molecule has 2 aromatic carbocycles. The van der Waals surface area contributed by atoms with Gasteiger partial charge in [-0.25, -0.2) is 0 Å². The summed E-state index contributed by atoms with van der Waals surface area (Å²) in [6.07, 6.45) is -5.00. The van der Waals surface area contributed by atoms with Crippen molar-refractivity contribution in [2.75, 3.05) is 0 Å². The lowest BCUT2D eigenvalue weighted by molar-refractivity contribution is -0.275. The average molecular weight is 390 g/mol. The molecule has 0 saturated carbocycles. The predicted octanol–water partition coefficient (Wildman–Crippen LogP) is 3.07. The lowest BCUT2D eigenvalue weighted by Crippen LogP contribution is -2.42. The lowest BCUT2D eigenvalue weighted by atomic mass is 9.85. The zero-order valence-corrected chi connectivity index (χ0v) is 13.1. The molecule has 1 unspecified atom stereocenters. The molecule has 0 saturated heterocycles. The van der Waals surface area contributed by atoms with Gasteiger partial charge in [-0.2, -0.15) is 0 Å². The Kier molecular flexibility index (Phi) is 4.67. The largest absolute Gasteiger partial charge is 0.573 e. The minimum absolute atomic E-state index is 0.0295. The maximum absolute atomic E-state index is 12.6. The molecule has 0 heterocycles. The summed E-state index contributed by atoms with van der Waals surface area (Å²) in [7, 11) is 0. The summed E-state index contributed by atoms with van der Waals surface area (Å²) in [5.74, 6) is -1.95. The predicted molar refractivity (Wildman–Crippen MR) is 79.5 cm³/mol. The Labute approximate surface area is 137 Å². The molecule has 0 aliphatic carbocycles. The van der Waals surface area contributed by atoms with E-state index in [1.54, 1.807) is 6.07 Å². The van der Waals surface area contributed by atoms with Crippen molar-refractivity contribution in [2.45, 2.75) is 12.0 Å². The lowest BCUT2D eigenvalue weighted by Gasteiger charge is -2.28. The number of hydrogen-bond donors (Lipinski definition) is 2. The summed E-state index contributed by atoms with van der Waals surface area (Å²) in [5, 5.41) is 10.8. The molecule has 1 amide bonds. The third-order valence-electron chi connectivity index (χ3n) is 3.11. The number of ether oxygens (including phenoxy) is 1. The van der Waals surface area contributed by atoms with E-state index in [0.29, 0.717) is 0 Å². The molecule has 0 aromatic heterocycles. The van der Waals surface area contributed by atoms with E-state index in [-0.39, 0.29) is 10.0 Å². The van der Waals surface area contributed by atoms with Crippen LogP contribution in [0.15, 0.2) is 53.0 Å². The molecule has 0 aliphatic heterocycles. The zero-order valence-electron chi connectivity index (χ0n) is 11.5. The topological polar surface area (TPSA) is 72.6 Å². The summed E-state index contributed by atoms with van der Waals surface area (Å²) >= 11 is 3.02. The van der Waals surface area contributed by atoms with E-state index in [4.69, 9.17) is 5.73 Å². The zero-order chi connectivity index (χ0) is 17.3. The molecule has 1 atom stereocenters. The Morgan fingerprint density at radius 1 is 1.13 bits per heavy atom. The van der Waals surface area contributed by atoms with E-state index in [0.717, 1.165) is 12.1 Å². The van der Waals surface area contributed by atoms with Crippen LogP contribution in [0, 0.1) is 0 Å². The van der Waals surface area contributed by atoms with Gasteiger partial charge in [-0.15, -0.1) is 13.2 Å². The minimum Gasteiger partial charge on any atom is -0.405 e. The van der Waals surface area contributed by atoms with Gasteiger partial charge in [0.1, 0.15) is 5.75 Å². The van der Waals surface area contributed by atoms with Gasteiger partial charge in [0.05, 0.1) is 0 Å². The summed E-state index contributed by atoms with van der Waals surface area (Å²) in [6.45, 7) is 0. The highest BCUT2D eigenvalue weighted by atomic mass is 79.9. The molecule has 0 fully saturated rings. The summed E-state index contributed by atoms with van der Waals surface area (Å²) in [6, 6.07) is 10.9. The maximum atomic E-state index is 12.6. The van der Waals surface area contributed by atoms with Crippen LogP contribution in [0.5, 0.6) is 5.75 Å². The Bertz CT molecular complexity index is 722. The van der Waals surface area contributed by atoms with Crippen molar-refractivity contribution in [1.29, 1.82) is 0 Å². The van der Waals surface area contributed by atoms with Crippen LogP contribution in [0.3, 0.4) is 0 Å². The molecular formula is C15H11BrF3NO3. The van der Waals surface area contributed by atoms with E-state index in [1.165, 1.54) is 30.3 Å². The molecule has 23 heavy (non-hydrogen) atoms. The second kappa shape index (κ2) is 6.21. The summed E-state index contributed by atoms with van der Waals surface area (Å²) in [5.41, 5.74) is 2.42. The number of primary amides is 1. The fraction of sp³-hybridized carbons (Fsp3) is 0.133. The van der Waals surface area contributed by atoms with Crippen LogP contribution in [0.2, 0.25) is 0 Å². The van der Waals surface area contributed by atoms with Crippen molar-refractivity contribution >= 4 is 21.8 Å². The second-order valence-electron chi connectivity index (χ2n) is 4.63. The first kappa shape index (κ1) is 17.3. The van der Waals surface area contributed by atoms with Crippen molar-refractivity contribution in [3.8, 4) is 5.75 Å². The molecular weight excluding hydrogens is 379 g/mol. The number of nitrogens with two attached hydrogens (primary N) is 1. The Morgan fingerprint density at radius 2 is 1.74 bits per heavy atom. The van der Waals surface area contributed by atoms with Gasteiger partial charge < -0.3 is 15.6 Å². The van der Waals surface area contributed by atoms with Gasteiger partial charge in [0.15, 0.2) is 5.60 Å². The average Bonchev–Trinajstić information content (AvgIpc) is 2.45. The molecule has 0 radical (unpaired) electrons. The Balaban J connectivity index is 2.68. The highest BCUT2D eigenvalue weighted by Gasteiger charge is 2.43. The third kappa shape index (κ3) is 3.65. The van der Waals surface area contributed by atoms with Crippen molar-refractivity contribution in [2.24, 2.45) is 5.73 Å². The summed E-state index contributed by atoms with van der Waals surface area (Å²) < 4.78 is 42.0. The molecule has 2 aromatic rings. The number of benzene rings is 2. The van der Waals surface area contributed by atoms with E-state index >= 15 is 0 Å². The van der Waals surface area contributed by atoms with Crippen LogP contribution in [-0.2, 0) is 10.4 Å². The smallest absolute Gasteiger partial charge is 0.405 e. The minimum atomic E-state index is -5.00. The van der Waals surface area contributed by atoms with Gasteiger partial charge in [0.25, 0.3) is 5.91 Å². The number of carbonyl (C=O) groups is 1. The number of alkyl halides is 3. The van der Waals surface area contributed by atoms with Crippen molar-refractivity contribution in [3.63, 3.8) is 0 Å². The van der Waals surface area contributed by atoms with Crippen molar-refractivity contribution in [1.82, 2.24) is 0 Å². The summed E-state index contributed by atoms with van der Waals surface area (Å²) in [4.78, 5) is 11.8. The van der Waals surface area contributed by atoms with Crippen LogP contribution in [0.25, 0.3) is 0 Å². The highest BCUT2D eigenvalue weighted by Crippen LogP contribution is 2.39. The first-order chi connectivity index (χ1) is 10.6. The fourth-order valence-corrected chi connectivity index (χ4v) is 2.45. The van der Waals surface area contributed by atoms with E-state index in [1.807, 2.05) is 0 Å². The quantitative estimate of drug-likeness (QED) is 0.843. The SMILES string of the molecule is NC(=O)C(O)(c1ccccc1)c1ccc(Br)cc1OC(F)(F)F. The van der Waals surface area contributed by atoms with Crippen LogP contribution < -0.4 is 10.5 Å². The monoisotopic (exact) mass is 389 g/mol. The molecule has 4 nitrogen and oxygen atoms in total. The number of halogens is 4. The van der Waals surface area contributed by atoms with Crippen LogP contribution in [-0.4, -0.2) is 17.4 Å². The van der Waals surface area contributed by atoms with Gasteiger partial charge in [0, 0.05) is 10.0 Å². The van der Waals surface area contributed by atoms with Gasteiger partial charge >= 0.3 is 6.36 Å². The normalized spacial score (nSPS) is 14.1. The molecule has 0 spiro atoms. The Hall–Kier alpha value is -2.06.